The number of carboxylic acid groups (broad SMARTS) is 1. The lowest BCUT2D eigenvalue weighted by molar-refractivity contribution is -0.148. The molecule has 1 fully saturated rings. The van der Waals surface area contributed by atoms with Crippen molar-refractivity contribution in [2.45, 2.75) is 71.7 Å². The molecule has 35 heavy (non-hydrogen) atoms. The number of rotatable bonds is 5. The van der Waals surface area contributed by atoms with E-state index in [1.54, 1.807) is 33.2 Å². The lowest BCUT2D eigenvalue weighted by Crippen LogP contribution is -2.52. The minimum atomic E-state index is -1.43. The van der Waals surface area contributed by atoms with Crippen LogP contribution in [0.4, 0.5) is 10.6 Å². The number of carboxylic acids is 1. The van der Waals surface area contributed by atoms with Gasteiger partial charge in [-0.15, -0.1) is 0 Å². The van der Waals surface area contributed by atoms with Gasteiger partial charge in [0.15, 0.2) is 17.0 Å². The molecule has 0 aliphatic carbocycles. The molecule has 4 rings (SSSR count). The Labute approximate surface area is 202 Å². The highest BCUT2D eigenvalue weighted by atomic mass is 16.6. The Morgan fingerprint density at radius 2 is 1.91 bits per heavy atom. The predicted octanol–water partition coefficient (Wildman–Crippen LogP) is 2.88. The number of ether oxygens (including phenoxy) is 1. The van der Waals surface area contributed by atoms with Crippen molar-refractivity contribution in [2.75, 3.05) is 11.9 Å². The summed E-state index contributed by atoms with van der Waals surface area (Å²) in [7, 11) is 0. The molecular weight excluding hydrogens is 452 g/mol. The maximum absolute atomic E-state index is 12.8. The zero-order chi connectivity index (χ0) is 25.5. The van der Waals surface area contributed by atoms with Crippen molar-refractivity contribution in [1.29, 1.82) is 0 Å². The van der Waals surface area contributed by atoms with Crippen LogP contribution in [0.3, 0.4) is 0 Å². The molecule has 2 N–H and O–H groups in total. The Bertz CT molecular complexity index is 1270. The third kappa shape index (κ3) is 4.60. The number of nitrogens with zero attached hydrogens (tertiary/aromatic N) is 7. The number of anilines is 1. The third-order valence-electron chi connectivity index (χ3n) is 5.95. The van der Waals surface area contributed by atoms with Gasteiger partial charge in [-0.3, -0.25) is 4.90 Å². The van der Waals surface area contributed by atoms with Gasteiger partial charge in [0.1, 0.15) is 29.1 Å². The fourth-order valence-corrected chi connectivity index (χ4v) is 4.23. The second-order valence-electron chi connectivity index (χ2n) is 9.81. The largest absolute Gasteiger partial charge is 0.480 e. The van der Waals surface area contributed by atoms with E-state index < -0.39 is 23.2 Å². The Hall–Kier alpha value is -3.83. The van der Waals surface area contributed by atoms with E-state index in [4.69, 9.17) is 9.72 Å². The van der Waals surface area contributed by atoms with Crippen molar-refractivity contribution in [1.82, 2.24) is 34.4 Å². The molecule has 12 nitrogen and oxygen atoms in total. The molecule has 3 aromatic heterocycles. The average Bonchev–Trinajstić information content (AvgIpc) is 3.32. The monoisotopic (exact) mass is 482 g/mol. The number of aliphatic carboxylic acids is 1. The molecule has 1 saturated heterocycles. The minimum Gasteiger partial charge on any atom is -0.480 e. The fraction of sp³-hybridized carbons (Fsp3) is 0.522. The van der Waals surface area contributed by atoms with E-state index in [1.165, 1.54) is 18.2 Å². The Kier molecular flexibility index (Phi) is 6.07. The minimum absolute atomic E-state index is 0.135. The summed E-state index contributed by atoms with van der Waals surface area (Å²) in [5.41, 5.74) is -0.262. The maximum atomic E-state index is 12.8. The average molecular weight is 483 g/mol. The van der Waals surface area contributed by atoms with E-state index in [2.05, 4.69) is 25.3 Å². The van der Waals surface area contributed by atoms with Gasteiger partial charge in [-0.1, -0.05) is 0 Å². The van der Waals surface area contributed by atoms with Gasteiger partial charge in [-0.2, -0.15) is 0 Å². The van der Waals surface area contributed by atoms with E-state index in [0.29, 0.717) is 35.2 Å². The molecule has 3 aromatic rings. The second kappa shape index (κ2) is 8.75. The van der Waals surface area contributed by atoms with Crippen molar-refractivity contribution in [3.8, 4) is 11.4 Å². The standard InChI is InChI=1S/C23H30N8O4/c1-7-30-18(14-9-24-13(2)25-10-14)29-16-17(26-12-27-19(16)30)28-15-8-23(6,20(32)33)31(11-15)21(34)35-22(3,4)5/h9-10,12,15H,7-8,11H2,1-6H3,(H,32,33)(H,26,27,28). The summed E-state index contributed by atoms with van der Waals surface area (Å²) in [5, 5.41) is 13.2. The highest BCUT2D eigenvalue weighted by Crippen LogP contribution is 2.34. The Morgan fingerprint density at radius 3 is 2.51 bits per heavy atom. The molecule has 0 saturated carbocycles. The first-order valence-electron chi connectivity index (χ1n) is 11.4. The molecule has 2 unspecified atom stereocenters. The van der Waals surface area contributed by atoms with E-state index in [-0.39, 0.29) is 19.0 Å². The summed E-state index contributed by atoms with van der Waals surface area (Å²) in [6, 6.07) is -0.389. The number of aryl methyl sites for hydroxylation is 2. The highest BCUT2D eigenvalue weighted by Gasteiger charge is 2.51. The molecule has 0 radical (unpaired) electrons. The van der Waals surface area contributed by atoms with Crippen LogP contribution in [0.25, 0.3) is 22.6 Å². The number of imidazole rings is 1. The lowest BCUT2D eigenvalue weighted by Gasteiger charge is -2.32. The fourth-order valence-electron chi connectivity index (χ4n) is 4.23. The van der Waals surface area contributed by atoms with Gasteiger partial charge in [0, 0.05) is 37.9 Å². The van der Waals surface area contributed by atoms with Crippen LogP contribution in [0.5, 0.6) is 0 Å². The molecule has 1 aliphatic heterocycles. The van der Waals surface area contributed by atoms with Gasteiger partial charge < -0.3 is 19.7 Å². The smallest absolute Gasteiger partial charge is 0.411 e. The number of aromatic nitrogens is 6. The van der Waals surface area contributed by atoms with Gasteiger partial charge in [0.05, 0.1) is 5.56 Å². The summed E-state index contributed by atoms with van der Waals surface area (Å²) in [6.07, 6.45) is 4.36. The highest BCUT2D eigenvalue weighted by molar-refractivity contribution is 5.88. The van der Waals surface area contributed by atoms with Crippen molar-refractivity contribution < 1.29 is 19.4 Å². The summed E-state index contributed by atoms with van der Waals surface area (Å²) in [4.78, 5) is 48.3. The number of amides is 1. The summed E-state index contributed by atoms with van der Waals surface area (Å²) >= 11 is 0. The molecule has 186 valence electrons. The van der Waals surface area contributed by atoms with E-state index in [9.17, 15) is 14.7 Å². The van der Waals surface area contributed by atoms with Crippen LogP contribution in [0, 0.1) is 6.92 Å². The van der Waals surface area contributed by atoms with Gasteiger partial charge in [0.25, 0.3) is 0 Å². The van der Waals surface area contributed by atoms with Crippen LogP contribution >= 0.6 is 0 Å². The zero-order valence-electron chi connectivity index (χ0n) is 20.7. The van der Waals surface area contributed by atoms with Crippen LogP contribution in [-0.4, -0.2) is 75.3 Å². The van der Waals surface area contributed by atoms with Crippen LogP contribution in [0.1, 0.15) is 46.9 Å². The van der Waals surface area contributed by atoms with E-state index in [0.717, 1.165) is 5.56 Å². The molecule has 1 aliphatic rings. The van der Waals surface area contributed by atoms with Crippen LogP contribution < -0.4 is 5.32 Å². The second-order valence-corrected chi connectivity index (χ2v) is 9.81. The maximum Gasteiger partial charge on any atom is 0.411 e. The van der Waals surface area contributed by atoms with Gasteiger partial charge in [0.2, 0.25) is 0 Å². The third-order valence-corrected chi connectivity index (χ3v) is 5.95. The first kappa shape index (κ1) is 24.3. The Balaban J connectivity index is 1.67. The van der Waals surface area contributed by atoms with E-state index in [1.807, 2.05) is 18.4 Å². The van der Waals surface area contributed by atoms with Gasteiger partial charge >= 0.3 is 12.1 Å². The van der Waals surface area contributed by atoms with Crippen molar-refractivity contribution >= 4 is 29.0 Å². The summed E-state index contributed by atoms with van der Waals surface area (Å²) in [6.45, 7) is 11.3. The SMILES string of the molecule is CCn1c(-c2cnc(C)nc2)nc2c(NC3CN(C(=O)OC(C)(C)C)C(C)(C(=O)O)C3)ncnc21. The molecule has 4 heterocycles. The summed E-state index contributed by atoms with van der Waals surface area (Å²) in [5.74, 6) is 0.674. The van der Waals surface area contributed by atoms with Gasteiger partial charge in [-0.05, 0) is 41.5 Å². The van der Waals surface area contributed by atoms with Crippen molar-refractivity contribution in [3.05, 3.63) is 24.5 Å². The first-order chi connectivity index (χ1) is 16.4. The lowest BCUT2D eigenvalue weighted by atomic mass is 9.98. The molecule has 1 amide bonds. The summed E-state index contributed by atoms with van der Waals surface area (Å²) < 4.78 is 7.41. The van der Waals surface area contributed by atoms with Gasteiger partial charge in [-0.25, -0.2) is 34.5 Å². The number of carbonyl (C=O) groups excluding carboxylic acids is 1. The predicted molar refractivity (Wildman–Crippen MR) is 128 cm³/mol. The van der Waals surface area contributed by atoms with Crippen molar-refractivity contribution in [3.63, 3.8) is 0 Å². The quantitative estimate of drug-likeness (QED) is 0.556. The number of likely N-dealkylation sites (tertiary alicyclic amines) is 1. The topological polar surface area (TPSA) is 148 Å². The van der Waals surface area contributed by atoms with Crippen LogP contribution in [0.15, 0.2) is 18.7 Å². The molecule has 0 aromatic carbocycles. The normalized spacial score (nSPS) is 20.3. The number of hydrogen-bond acceptors (Lipinski definition) is 9. The number of nitrogens with one attached hydrogen (secondary N) is 1. The van der Waals surface area contributed by atoms with Crippen LogP contribution in [-0.2, 0) is 16.1 Å². The zero-order valence-corrected chi connectivity index (χ0v) is 20.7. The number of carbonyl (C=O) groups is 2. The number of fused-ring (bicyclic) bond motifs is 1. The first-order valence-corrected chi connectivity index (χ1v) is 11.4. The molecule has 0 spiro atoms. The van der Waals surface area contributed by atoms with Crippen molar-refractivity contribution in [2.24, 2.45) is 0 Å². The van der Waals surface area contributed by atoms with Crippen LogP contribution in [0.2, 0.25) is 0 Å². The molecular formula is C23H30N8O4. The molecule has 0 bridgehead atoms. The Morgan fingerprint density at radius 1 is 1.23 bits per heavy atom. The number of hydrogen-bond donors (Lipinski definition) is 2. The molecule has 2 atom stereocenters. The molecule has 12 heteroatoms. The van der Waals surface area contributed by atoms with E-state index >= 15 is 0 Å².